The first-order valence-corrected chi connectivity index (χ1v) is 19.3. The van der Waals surface area contributed by atoms with Gasteiger partial charge in [-0.3, -0.25) is 15.6 Å². The molecule has 1 fully saturated rings. The summed E-state index contributed by atoms with van der Waals surface area (Å²) in [4.78, 5) is 4.66. The molecular weight excluding hydrogens is 657 g/mol. The van der Waals surface area contributed by atoms with E-state index in [2.05, 4.69) is 215 Å². The number of hydrogen-bond acceptors (Lipinski definition) is 4. The second-order valence-electron chi connectivity index (χ2n) is 14.5. The monoisotopic (exact) mass is 704 g/mol. The van der Waals surface area contributed by atoms with E-state index in [1.807, 2.05) is 12.3 Å². The van der Waals surface area contributed by atoms with Crippen molar-refractivity contribution in [3.8, 4) is 0 Å². The van der Waals surface area contributed by atoms with E-state index in [0.29, 0.717) is 6.54 Å². The summed E-state index contributed by atoms with van der Waals surface area (Å²) in [7, 11) is 0. The molecule has 1 heterocycles. The minimum absolute atomic E-state index is 0.151. The minimum atomic E-state index is -0.572. The van der Waals surface area contributed by atoms with Crippen molar-refractivity contribution in [1.29, 1.82) is 0 Å². The number of hydrogen-bond donors (Lipinski definition) is 3. The third-order valence-electron chi connectivity index (χ3n) is 11.1. The molecule has 0 amide bonds. The zero-order valence-electron chi connectivity index (χ0n) is 30.6. The average molecular weight is 705 g/mol. The van der Waals surface area contributed by atoms with Crippen LogP contribution in [-0.4, -0.2) is 23.1 Å². The second kappa shape index (κ2) is 16.6. The Hall–Kier alpha value is -5.65. The highest BCUT2D eigenvalue weighted by Crippen LogP contribution is 2.41. The van der Waals surface area contributed by atoms with Crippen LogP contribution < -0.4 is 16.0 Å². The summed E-state index contributed by atoms with van der Waals surface area (Å²) in [6.45, 7) is 0.716. The van der Waals surface area contributed by atoms with Crippen LogP contribution in [0, 0.1) is 0 Å². The molecule has 1 unspecified atom stereocenters. The summed E-state index contributed by atoms with van der Waals surface area (Å²) in [6, 6.07) is 72.5. The predicted octanol–water partition coefficient (Wildman–Crippen LogP) is 9.62. The van der Waals surface area contributed by atoms with Gasteiger partial charge in [0, 0.05) is 30.9 Å². The maximum atomic E-state index is 4.66. The van der Waals surface area contributed by atoms with Crippen LogP contribution in [0.3, 0.4) is 0 Å². The van der Waals surface area contributed by atoms with Crippen LogP contribution in [0.2, 0.25) is 0 Å². The zero-order chi connectivity index (χ0) is 36.5. The van der Waals surface area contributed by atoms with Crippen molar-refractivity contribution in [3.63, 3.8) is 0 Å². The van der Waals surface area contributed by atoms with Gasteiger partial charge in [0.1, 0.15) is 0 Å². The van der Waals surface area contributed by atoms with Crippen molar-refractivity contribution in [3.05, 3.63) is 245 Å². The molecule has 4 heteroatoms. The first-order chi connectivity index (χ1) is 26.7. The van der Waals surface area contributed by atoms with E-state index in [1.54, 1.807) is 0 Å². The van der Waals surface area contributed by atoms with E-state index in [9.17, 15) is 0 Å². The third kappa shape index (κ3) is 7.42. The summed E-state index contributed by atoms with van der Waals surface area (Å²) in [5, 5.41) is 12.7. The summed E-state index contributed by atoms with van der Waals surface area (Å²) in [6.07, 6.45) is 4.75. The van der Waals surface area contributed by atoms with E-state index in [-0.39, 0.29) is 18.1 Å². The molecule has 0 radical (unpaired) electrons. The van der Waals surface area contributed by atoms with Crippen LogP contribution in [0.25, 0.3) is 0 Å². The molecule has 6 aromatic carbocycles. The number of aromatic nitrogens is 1. The normalized spacial score (nSPS) is 17.5. The lowest BCUT2D eigenvalue weighted by atomic mass is 9.73. The molecular formula is C50H48N4. The molecule has 0 saturated heterocycles. The van der Waals surface area contributed by atoms with E-state index in [1.165, 1.54) is 33.4 Å². The highest BCUT2D eigenvalue weighted by atomic mass is 15.1. The molecule has 3 N–H and O–H groups in total. The lowest BCUT2D eigenvalue weighted by Crippen LogP contribution is -2.59. The Bertz CT molecular complexity index is 1820. The first kappa shape index (κ1) is 35.4. The number of nitrogens with one attached hydrogen (secondary N) is 3. The number of benzene rings is 6. The average Bonchev–Trinajstić information content (AvgIpc) is 3.26. The molecule has 3 atom stereocenters. The molecule has 1 aliphatic rings. The molecule has 0 aliphatic heterocycles. The zero-order valence-corrected chi connectivity index (χ0v) is 30.6. The van der Waals surface area contributed by atoms with Crippen molar-refractivity contribution in [1.82, 2.24) is 20.9 Å². The fourth-order valence-electron chi connectivity index (χ4n) is 8.71. The molecule has 54 heavy (non-hydrogen) atoms. The van der Waals surface area contributed by atoms with Gasteiger partial charge in [-0.1, -0.05) is 188 Å². The molecule has 0 spiro atoms. The first-order valence-electron chi connectivity index (χ1n) is 19.3. The van der Waals surface area contributed by atoms with Gasteiger partial charge >= 0.3 is 0 Å². The van der Waals surface area contributed by atoms with Crippen molar-refractivity contribution in [2.45, 2.75) is 55.0 Å². The fraction of sp³-hybridized carbons (Fsp3) is 0.180. The number of pyridine rings is 1. The third-order valence-corrected chi connectivity index (χ3v) is 11.1. The number of nitrogens with zero attached hydrogens (tertiary/aromatic N) is 1. The Morgan fingerprint density at radius 3 is 0.963 bits per heavy atom. The summed E-state index contributed by atoms with van der Waals surface area (Å²) >= 11 is 0. The highest BCUT2D eigenvalue weighted by Gasteiger charge is 2.44. The maximum absolute atomic E-state index is 4.66. The van der Waals surface area contributed by atoms with Crippen molar-refractivity contribution in [2.24, 2.45) is 0 Å². The van der Waals surface area contributed by atoms with Crippen LogP contribution >= 0.6 is 0 Å². The maximum Gasteiger partial charge on any atom is 0.0950 e. The minimum Gasteiger partial charge on any atom is -0.308 e. The molecule has 0 bridgehead atoms. The fourth-order valence-corrected chi connectivity index (χ4v) is 8.71. The van der Waals surface area contributed by atoms with Gasteiger partial charge in [0.05, 0.1) is 16.8 Å². The molecule has 1 saturated carbocycles. The van der Waals surface area contributed by atoms with Crippen molar-refractivity contribution in [2.75, 3.05) is 0 Å². The van der Waals surface area contributed by atoms with Crippen LogP contribution in [0.15, 0.2) is 206 Å². The Morgan fingerprint density at radius 1 is 0.370 bits per heavy atom. The highest BCUT2D eigenvalue weighted by molar-refractivity contribution is 5.51. The predicted molar refractivity (Wildman–Crippen MR) is 221 cm³/mol. The topological polar surface area (TPSA) is 49.0 Å². The van der Waals surface area contributed by atoms with E-state index < -0.39 is 11.1 Å². The van der Waals surface area contributed by atoms with Gasteiger partial charge in [0.2, 0.25) is 0 Å². The Kier molecular flexibility index (Phi) is 10.9. The van der Waals surface area contributed by atoms with E-state index in [4.69, 9.17) is 0 Å². The van der Waals surface area contributed by atoms with Gasteiger partial charge in [-0.2, -0.15) is 0 Å². The summed E-state index contributed by atoms with van der Waals surface area (Å²) in [5.74, 6) is 0. The van der Waals surface area contributed by atoms with Crippen molar-refractivity contribution >= 4 is 0 Å². The van der Waals surface area contributed by atoms with E-state index in [0.717, 1.165) is 25.0 Å². The molecule has 4 nitrogen and oxygen atoms in total. The Morgan fingerprint density at radius 2 is 0.667 bits per heavy atom. The Balaban J connectivity index is 1.24. The molecule has 1 aromatic heterocycles. The Labute approximate surface area is 320 Å². The molecule has 8 rings (SSSR count). The standard InChI is InChI=1S/C50H48N4/c1-7-21-39(22-8-1)49(40-23-9-2-10-24-40,41-25-11-3-12-26-41)53-47-35-46(52-38-45-33-19-20-34-51-45)36-48(37-47)54-50(42-27-13-4-14-28-42,43-29-15-5-16-30-43)44-31-17-6-18-32-44/h1-34,46-48,52-54H,35-38H2/t46?,47-,48+. The van der Waals surface area contributed by atoms with Crippen molar-refractivity contribution < 1.29 is 0 Å². The summed E-state index contributed by atoms with van der Waals surface area (Å²) < 4.78 is 0. The summed E-state index contributed by atoms with van der Waals surface area (Å²) in [5.41, 5.74) is 7.26. The van der Waals surface area contributed by atoms with Gasteiger partial charge < -0.3 is 5.32 Å². The van der Waals surface area contributed by atoms with Gasteiger partial charge in [-0.25, -0.2) is 0 Å². The lowest BCUT2D eigenvalue weighted by Gasteiger charge is -2.47. The largest absolute Gasteiger partial charge is 0.308 e. The molecule has 7 aromatic rings. The van der Waals surface area contributed by atoms with Gasteiger partial charge in [-0.05, 0) is 64.8 Å². The quantitative estimate of drug-likeness (QED) is 0.105. The second-order valence-corrected chi connectivity index (χ2v) is 14.5. The van der Waals surface area contributed by atoms with Crippen LogP contribution in [0.4, 0.5) is 0 Å². The van der Waals surface area contributed by atoms with Crippen LogP contribution in [-0.2, 0) is 17.6 Å². The smallest absolute Gasteiger partial charge is 0.0950 e. The van der Waals surface area contributed by atoms with Crippen LogP contribution in [0.5, 0.6) is 0 Å². The molecule has 268 valence electrons. The van der Waals surface area contributed by atoms with Gasteiger partial charge in [0.25, 0.3) is 0 Å². The van der Waals surface area contributed by atoms with Crippen LogP contribution in [0.1, 0.15) is 58.3 Å². The lowest BCUT2D eigenvalue weighted by molar-refractivity contribution is 0.206. The van der Waals surface area contributed by atoms with Gasteiger partial charge in [-0.15, -0.1) is 0 Å². The molecule has 1 aliphatic carbocycles. The van der Waals surface area contributed by atoms with Gasteiger partial charge in [0.15, 0.2) is 0 Å². The SMILES string of the molecule is c1ccc(C(N[C@@H]2CC(NCc3ccccn3)C[C@H](NC(c3ccccc3)(c3ccccc3)c3ccccc3)C2)(c2ccccc2)c2ccccc2)cc1. The van der Waals surface area contributed by atoms with E-state index >= 15 is 0 Å². The number of rotatable bonds is 13.